The fraction of sp³-hybridized carbons (Fsp3) is 0.133. The van der Waals surface area contributed by atoms with Gasteiger partial charge in [0.1, 0.15) is 42.1 Å². The number of halogens is 2. The van der Waals surface area contributed by atoms with Crippen molar-refractivity contribution in [2.75, 3.05) is 6.61 Å². The van der Waals surface area contributed by atoms with Gasteiger partial charge in [0.15, 0.2) is 0 Å². The molecule has 4 nitrogen and oxygen atoms in total. The summed E-state index contributed by atoms with van der Waals surface area (Å²) in [6.07, 6.45) is 0. The van der Waals surface area contributed by atoms with Gasteiger partial charge in [-0.25, -0.2) is 8.78 Å². The molecule has 0 saturated heterocycles. The maximum Gasteiger partial charge on any atom is 0.134 e. The number of nitrogens with zero attached hydrogens (tertiary/aromatic N) is 1. The van der Waals surface area contributed by atoms with E-state index in [0.29, 0.717) is 22.8 Å². The lowest BCUT2D eigenvalue weighted by atomic mass is 10.1. The minimum atomic E-state index is -0.651. The second-order valence-electron chi connectivity index (χ2n) is 4.48. The van der Waals surface area contributed by atoms with Gasteiger partial charge in [-0.1, -0.05) is 11.2 Å². The minimum absolute atomic E-state index is 0.128. The SMILES string of the molecule is O/N=C1\COc2cc(OCc3c(F)cccc3F)ccc21. The largest absolute Gasteiger partial charge is 0.489 e. The molecule has 0 atom stereocenters. The normalized spacial score (nSPS) is 14.9. The zero-order valence-corrected chi connectivity index (χ0v) is 10.8. The van der Waals surface area contributed by atoms with Gasteiger partial charge in [-0.05, 0) is 24.3 Å². The van der Waals surface area contributed by atoms with Gasteiger partial charge in [0.2, 0.25) is 0 Å². The zero-order chi connectivity index (χ0) is 14.8. The summed E-state index contributed by atoms with van der Waals surface area (Å²) >= 11 is 0. The highest BCUT2D eigenvalue weighted by molar-refractivity contribution is 6.06. The van der Waals surface area contributed by atoms with Crippen molar-refractivity contribution < 1.29 is 23.5 Å². The maximum atomic E-state index is 13.5. The van der Waals surface area contributed by atoms with Crippen molar-refractivity contribution >= 4 is 5.71 Å². The molecule has 0 spiro atoms. The fourth-order valence-electron chi connectivity index (χ4n) is 2.08. The van der Waals surface area contributed by atoms with E-state index in [-0.39, 0.29) is 18.8 Å². The van der Waals surface area contributed by atoms with Gasteiger partial charge in [-0.3, -0.25) is 0 Å². The van der Waals surface area contributed by atoms with E-state index in [0.717, 1.165) is 0 Å². The molecule has 1 N–H and O–H groups in total. The summed E-state index contributed by atoms with van der Waals surface area (Å²) in [5.74, 6) is -0.380. The number of rotatable bonds is 3. The van der Waals surface area contributed by atoms with Crippen molar-refractivity contribution in [1.82, 2.24) is 0 Å². The molecule has 0 fully saturated rings. The van der Waals surface area contributed by atoms with E-state index in [1.165, 1.54) is 18.2 Å². The van der Waals surface area contributed by atoms with E-state index in [2.05, 4.69) is 5.16 Å². The van der Waals surface area contributed by atoms with Crippen LogP contribution in [0.3, 0.4) is 0 Å². The first-order valence-corrected chi connectivity index (χ1v) is 6.23. The Morgan fingerprint density at radius 3 is 2.67 bits per heavy atom. The van der Waals surface area contributed by atoms with Crippen LogP contribution in [0.5, 0.6) is 11.5 Å². The molecule has 2 aromatic carbocycles. The molecule has 1 aliphatic heterocycles. The average Bonchev–Trinajstić information content (AvgIpc) is 2.89. The average molecular weight is 291 g/mol. The molecular formula is C15H11F2NO3. The molecule has 0 saturated carbocycles. The molecule has 6 heteroatoms. The number of hydrogen-bond donors (Lipinski definition) is 1. The van der Waals surface area contributed by atoms with Crippen LogP contribution >= 0.6 is 0 Å². The fourth-order valence-corrected chi connectivity index (χ4v) is 2.08. The highest BCUT2D eigenvalue weighted by Crippen LogP contribution is 2.30. The molecule has 0 bridgehead atoms. The molecule has 0 aromatic heterocycles. The van der Waals surface area contributed by atoms with Gasteiger partial charge >= 0.3 is 0 Å². The van der Waals surface area contributed by atoms with Crippen molar-refractivity contribution in [3.05, 3.63) is 59.2 Å². The van der Waals surface area contributed by atoms with Crippen LogP contribution in [0.2, 0.25) is 0 Å². The van der Waals surface area contributed by atoms with Crippen LogP contribution in [0.4, 0.5) is 8.78 Å². The third kappa shape index (κ3) is 2.52. The quantitative estimate of drug-likeness (QED) is 0.698. The Morgan fingerprint density at radius 1 is 1.19 bits per heavy atom. The van der Waals surface area contributed by atoms with Crippen molar-refractivity contribution in [2.45, 2.75) is 6.61 Å². The first kappa shape index (κ1) is 13.4. The first-order chi connectivity index (χ1) is 10.2. The molecular weight excluding hydrogens is 280 g/mol. The number of hydrogen-bond acceptors (Lipinski definition) is 4. The predicted molar refractivity (Wildman–Crippen MR) is 71.0 cm³/mol. The van der Waals surface area contributed by atoms with Gasteiger partial charge in [0.05, 0.1) is 5.56 Å². The lowest BCUT2D eigenvalue weighted by Gasteiger charge is -2.09. The molecule has 0 aliphatic carbocycles. The Bertz CT molecular complexity index is 696. The van der Waals surface area contributed by atoms with Crippen LogP contribution in [-0.4, -0.2) is 17.5 Å². The van der Waals surface area contributed by atoms with Crippen LogP contribution in [0, 0.1) is 11.6 Å². The van der Waals surface area contributed by atoms with Crippen LogP contribution in [-0.2, 0) is 6.61 Å². The van der Waals surface area contributed by atoms with Crippen molar-refractivity contribution in [1.29, 1.82) is 0 Å². The Hall–Kier alpha value is -2.63. The number of ether oxygens (including phenoxy) is 2. The van der Waals surface area contributed by atoms with E-state index >= 15 is 0 Å². The van der Waals surface area contributed by atoms with Gasteiger partial charge < -0.3 is 14.7 Å². The summed E-state index contributed by atoms with van der Waals surface area (Å²) in [6.45, 7) is -0.0462. The predicted octanol–water partition coefficient (Wildman–Crippen LogP) is 3.11. The molecule has 0 amide bonds. The molecule has 1 heterocycles. The lowest BCUT2D eigenvalue weighted by Crippen LogP contribution is -2.02. The Labute approximate surface area is 119 Å². The Morgan fingerprint density at radius 2 is 1.95 bits per heavy atom. The van der Waals surface area contributed by atoms with Gasteiger partial charge in [0.25, 0.3) is 0 Å². The van der Waals surface area contributed by atoms with E-state index in [4.69, 9.17) is 14.7 Å². The second-order valence-corrected chi connectivity index (χ2v) is 4.48. The Kier molecular flexibility index (Phi) is 3.43. The smallest absolute Gasteiger partial charge is 0.134 e. The third-order valence-electron chi connectivity index (χ3n) is 3.19. The summed E-state index contributed by atoms with van der Waals surface area (Å²) in [5.41, 5.74) is 0.968. The van der Waals surface area contributed by atoms with Crippen LogP contribution in [0.1, 0.15) is 11.1 Å². The van der Waals surface area contributed by atoms with E-state index < -0.39 is 11.6 Å². The summed E-state index contributed by atoms with van der Waals surface area (Å²) < 4.78 is 37.7. The standard InChI is InChI=1S/C15H11F2NO3/c16-12-2-1-3-13(17)11(12)7-20-9-4-5-10-14(18-19)8-21-15(10)6-9/h1-6,19H,7-8H2/b18-14+. The monoisotopic (exact) mass is 291 g/mol. The molecule has 3 rings (SSSR count). The summed E-state index contributed by atoms with van der Waals surface area (Å²) in [7, 11) is 0. The minimum Gasteiger partial charge on any atom is -0.489 e. The zero-order valence-electron chi connectivity index (χ0n) is 10.8. The van der Waals surface area contributed by atoms with Crippen LogP contribution < -0.4 is 9.47 Å². The van der Waals surface area contributed by atoms with Crippen molar-refractivity contribution in [3.63, 3.8) is 0 Å². The van der Waals surface area contributed by atoms with E-state index in [9.17, 15) is 8.78 Å². The number of oxime groups is 1. The van der Waals surface area contributed by atoms with Crippen LogP contribution in [0.15, 0.2) is 41.6 Å². The first-order valence-electron chi connectivity index (χ1n) is 6.23. The third-order valence-corrected chi connectivity index (χ3v) is 3.19. The van der Waals surface area contributed by atoms with E-state index in [1.54, 1.807) is 18.2 Å². The number of benzene rings is 2. The van der Waals surface area contributed by atoms with Gasteiger partial charge in [-0.2, -0.15) is 0 Å². The molecule has 108 valence electrons. The molecule has 0 unspecified atom stereocenters. The highest BCUT2D eigenvalue weighted by atomic mass is 19.1. The summed E-state index contributed by atoms with van der Waals surface area (Å²) in [4.78, 5) is 0. The summed E-state index contributed by atoms with van der Waals surface area (Å²) in [6, 6.07) is 8.54. The van der Waals surface area contributed by atoms with Gasteiger partial charge in [0, 0.05) is 11.6 Å². The maximum absolute atomic E-state index is 13.5. The van der Waals surface area contributed by atoms with Gasteiger partial charge in [-0.15, -0.1) is 0 Å². The molecule has 21 heavy (non-hydrogen) atoms. The molecule has 1 aliphatic rings. The van der Waals surface area contributed by atoms with Crippen LogP contribution in [0.25, 0.3) is 0 Å². The Balaban J connectivity index is 1.78. The molecule has 2 aromatic rings. The lowest BCUT2D eigenvalue weighted by molar-refractivity contribution is 0.290. The summed E-state index contributed by atoms with van der Waals surface area (Å²) in [5, 5.41) is 11.9. The second kappa shape index (κ2) is 5.40. The van der Waals surface area contributed by atoms with Crippen molar-refractivity contribution in [3.8, 4) is 11.5 Å². The number of fused-ring (bicyclic) bond motifs is 1. The topological polar surface area (TPSA) is 51.1 Å². The van der Waals surface area contributed by atoms with E-state index in [1.807, 2.05) is 0 Å². The van der Waals surface area contributed by atoms with Crippen molar-refractivity contribution in [2.24, 2.45) is 5.16 Å². The highest BCUT2D eigenvalue weighted by Gasteiger charge is 2.20. The molecule has 0 radical (unpaired) electrons.